The van der Waals surface area contributed by atoms with Crippen molar-refractivity contribution < 1.29 is 6.29 Å². The van der Waals surface area contributed by atoms with E-state index in [1.54, 1.807) is 18.5 Å². The molecule has 1 unspecified atom stereocenters. The quantitative estimate of drug-likeness (QED) is 0.527. The van der Waals surface area contributed by atoms with E-state index in [9.17, 15) is 10.1 Å². The maximum atomic E-state index is 10.5. The zero-order valence-electron chi connectivity index (χ0n) is 8.33. The minimum atomic E-state index is -1.04. The number of allylic oxidation sites excluding steroid dienone is 3. The second kappa shape index (κ2) is 3.45. The van der Waals surface area contributed by atoms with Gasteiger partial charge in [0, 0.05) is 18.5 Å². The molecule has 72 valence electrons. The SMILES string of the molecule is [2H]C1(n2cccn2)C=CC([N+](=O)[O-])=CC1. The van der Waals surface area contributed by atoms with Gasteiger partial charge in [-0.15, -0.1) is 0 Å². The van der Waals surface area contributed by atoms with E-state index < -0.39 is 10.9 Å². The highest BCUT2D eigenvalue weighted by Gasteiger charge is 2.15. The Balaban J connectivity index is 2.25. The average molecular weight is 192 g/mol. The van der Waals surface area contributed by atoms with Crippen LogP contribution in [-0.2, 0) is 0 Å². The first-order valence-corrected chi connectivity index (χ1v) is 4.16. The second-order valence-corrected chi connectivity index (χ2v) is 2.87. The molecule has 1 aliphatic rings. The van der Waals surface area contributed by atoms with Gasteiger partial charge in [0.2, 0.25) is 0 Å². The minimum Gasteiger partial charge on any atom is -0.266 e. The summed E-state index contributed by atoms with van der Waals surface area (Å²) < 4.78 is 9.52. The number of nitrogens with zero attached hydrogens (tertiary/aromatic N) is 3. The highest BCUT2D eigenvalue weighted by atomic mass is 16.6. The molecule has 0 spiro atoms. The van der Waals surface area contributed by atoms with Crippen LogP contribution in [0.1, 0.15) is 13.8 Å². The number of rotatable bonds is 2. The summed E-state index contributed by atoms with van der Waals surface area (Å²) in [6, 6.07) is 0.680. The zero-order chi connectivity index (χ0) is 10.9. The molecule has 0 aromatic carbocycles. The van der Waals surface area contributed by atoms with Crippen molar-refractivity contribution >= 4 is 0 Å². The fourth-order valence-electron chi connectivity index (χ4n) is 1.27. The predicted octanol–water partition coefficient (Wildman–Crippen LogP) is 1.54. The Bertz CT molecular complexity index is 438. The Morgan fingerprint density at radius 1 is 1.79 bits per heavy atom. The van der Waals surface area contributed by atoms with Crippen LogP contribution in [0.15, 0.2) is 42.4 Å². The summed E-state index contributed by atoms with van der Waals surface area (Å²) in [4.78, 5) is 10.00. The molecule has 1 heterocycles. The molecular weight excluding hydrogens is 182 g/mol. The lowest BCUT2D eigenvalue weighted by atomic mass is 10.1. The summed E-state index contributed by atoms with van der Waals surface area (Å²) in [5, 5.41) is 14.4. The molecular formula is C9H9N3O2. The van der Waals surface area contributed by atoms with E-state index in [-0.39, 0.29) is 12.1 Å². The molecule has 1 atom stereocenters. The van der Waals surface area contributed by atoms with Crippen molar-refractivity contribution in [1.82, 2.24) is 9.78 Å². The molecule has 5 nitrogen and oxygen atoms in total. The standard InChI is InChI=1S/C9H9N3O2/c13-12(14)9-4-2-8(3-5-9)11-7-1-6-10-11/h1-2,4-8H,3H2/i8D. The third-order valence-corrected chi connectivity index (χ3v) is 1.98. The lowest BCUT2D eigenvalue weighted by Gasteiger charge is -2.13. The molecule has 5 heteroatoms. The Morgan fingerprint density at radius 2 is 2.64 bits per heavy atom. The molecule has 1 aliphatic carbocycles. The van der Waals surface area contributed by atoms with Crippen molar-refractivity contribution in [2.24, 2.45) is 0 Å². The van der Waals surface area contributed by atoms with E-state index in [0.29, 0.717) is 0 Å². The number of nitro groups is 1. The molecule has 0 N–H and O–H groups in total. The molecule has 14 heavy (non-hydrogen) atoms. The van der Waals surface area contributed by atoms with Gasteiger partial charge >= 0.3 is 0 Å². The van der Waals surface area contributed by atoms with Crippen molar-refractivity contribution in [2.45, 2.75) is 12.4 Å². The highest BCUT2D eigenvalue weighted by molar-refractivity contribution is 5.18. The minimum absolute atomic E-state index is 0.0324. The molecule has 0 radical (unpaired) electrons. The van der Waals surface area contributed by atoms with Gasteiger partial charge in [0.25, 0.3) is 5.70 Å². The molecule has 1 aromatic rings. The number of hydrogen-bond acceptors (Lipinski definition) is 3. The van der Waals surface area contributed by atoms with Crippen LogP contribution in [-0.4, -0.2) is 14.7 Å². The van der Waals surface area contributed by atoms with Crippen LogP contribution in [0.3, 0.4) is 0 Å². The molecule has 1 aromatic heterocycles. The topological polar surface area (TPSA) is 61.0 Å². The molecule has 0 aliphatic heterocycles. The van der Waals surface area contributed by atoms with Crippen LogP contribution in [0.25, 0.3) is 0 Å². The van der Waals surface area contributed by atoms with E-state index in [4.69, 9.17) is 1.37 Å². The summed E-state index contributed by atoms with van der Waals surface area (Å²) in [6.45, 7) is 0. The van der Waals surface area contributed by atoms with E-state index in [1.807, 2.05) is 0 Å². The first-order valence-electron chi connectivity index (χ1n) is 4.66. The summed E-state index contributed by atoms with van der Waals surface area (Å²) in [5.74, 6) is 0. The Morgan fingerprint density at radius 3 is 3.14 bits per heavy atom. The molecule has 0 bridgehead atoms. The zero-order valence-corrected chi connectivity index (χ0v) is 7.33. The molecule has 0 fully saturated rings. The van der Waals surface area contributed by atoms with Crippen LogP contribution in [0.5, 0.6) is 0 Å². The number of aromatic nitrogens is 2. The summed E-state index contributed by atoms with van der Waals surface area (Å²) in [7, 11) is 0. The van der Waals surface area contributed by atoms with Gasteiger partial charge in [0.05, 0.1) is 12.3 Å². The van der Waals surface area contributed by atoms with Crippen molar-refractivity contribution in [3.8, 4) is 0 Å². The van der Waals surface area contributed by atoms with Gasteiger partial charge in [-0.2, -0.15) is 5.10 Å². The van der Waals surface area contributed by atoms with Crippen LogP contribution < -0.4 is 0 Å². The third kappa shape index (κ3) is 1.56. The van der Waals surface area contributed by atoms with E-state index in [1.165, 1.54) is 22.9 Å². The van der Waals surface area contributed by atoms with E-state index in [0.717, 1.165) is 0 Å². The maximum Gasteiger partial charge on any atom is 0.265 e. The van der Waals surface area contributed by atoms with Crippen molar-refractivity contribution in [3.05, 3.63) is 52.5 Å². The normalized spacial score (nSPS) is 26.9. The van der Waals surface area contributed by atoms with Crippen molar-refractivity contribution in [3.63, 3.8) is 0 Å². The first-order chi connectivity index (χ1) is 7.12. The van der Waals surface area contributed by atoms with Crippen molar-refractivity contribution in [2.75, 3.05) is 0 Å². The third-order valence-electron chi connectivity index (χ3n) is 1.98. The Hall–Kier alpha value is -1.91. The molecule has 0 saturated heterocycles. The smallest absolute Gasteiger partial charge is 0.265 e. The van der Waals surface area contributed by atoms with Gasteiger partial charge in [-0.1, -0.05) is 6.08 Å². The number of hydrogen-bond donors (Lipinski definition) is 0. The van der Waals surface area contributed by atoms with Crippen LogP contribution in [0.2, 0.25) is 0 Å². The largest absolute Gasteiger partial charge is 0.266 e. The fourth-order valence-corrected chi connectivity index (χ4v) is 1.27. The van der Waals surface area contributed by atoms with E-state index in [2.05, 4.69) is 5.10 Å². The summed E-state index contributed by atoms with van der Waals surface area (Å²) in [6.07, 6.45) is 7.77. The monoisotopic (exact) mass is 192 g/mol. The van der Waals surface area contributed by atoms with Gasteiger partial charge in [-0.25, -0.2) is 0 Å². The van der Waals surface area contributed by atoms with Crippen LogP contribution in [0.4, 0.5) is 0 Å². The van der Waals surface area contributed by atoms with Crippen LogP contribution in [0, 0.1) is 10.1 Å². The highest BCUT2D eigenvalue weighted by Crippen LogP contribution is 2.20. The van der Waals surface area contributed by atoms with Gasteiger partial charge in [0.1, 0.15) is 0 Å². The van der Waals surface area contributed by atoms with Crippen LogP contribution >= 0.6 is 0 Å². The molecule has 2 rings (SSSR count). The van der Waals surface area contributed by atoms with E-state index >= 15 is 0 Å². The maximum absolute atomic E-state index is 10.5. The average Bonchev–Trinajstić information content (AvgIpc) is 2.71. The van der Waals surface area contributed by atoms with Gasteiger partial charge in [-0.05, 0) is 18.6 Å². The van der Waals surface area contributed by atoms with Gasteiger partial charge in [-0.3, -0.25) is 14.8 Å². The molecule has 0 saturated carbocycles. The lowest BCUT2D eigenvalue weighted by Crippen LogP contribution is -2.10. The molecule has 0 amide bonds. The lowest BCUT2D eigenvalue weighted by molar-refractivity contribution is -0.419. The summed E-state index contributed by atoms with van der Waals surface area (Å²) in [5.41, 5.74) is 0.0324. The van der Waals surface area contributed by atoms with Gasteiger partial charge < -0.3 is 0 Å². The fraction of sp³-hybridized carbons (Fsp3) is 0.222. The second-order valence-electron chi connectivity index (χ2n) is 2.87. The Kier molecular flexibility index (Phi) is 1.85. The van der Waals surface area contributed by atoms with Crippen molar-refractivity contribution in [1.29, 1.82) is 0 Å². The first kappa shape index (κ1) is 7.49. The predicted molar refractivity (Wildman–Crippen MR) is 50.1 cm³/mol. The van der Waals surface area contributed by atoms with Gasteiger partial charge in [0.15, 0.2) is 0 Å². The summed E-state index contributed by atoms with van der Waals surface area (Å²) >= 11 is 0. The Labute approximate surface area is 81.9 Å².